The summed E-state index contributed by atoms with van der Waals surface area (Å²) in [7, 11) is -1.14. The monoisotopic (exact) mass is 404 g/mol. The van der Waals surface area contributed by atoms with Crippen LogP contribution in [0.5, 0.6) is 11.5 Å². The predicted octanol–water partition coefficient (Wildman–Crippen LogP) is 1.84. The number of hydrogen-bond donors (Lipinski definition) is 1. The number of nitrogens with zero attached hydrogens (tertiary/aromatic N) is 3. The number of hydrogen-bond acceptors (Lipinski definition) is 7. The molecule has 0 saturated carbocycles. The molecule has 1 amide bonds. The second-order valence-corrected chi connectivity index (χ2v) is 7.45. The highest BCUT2D eigenvalue weighted by atomic mass is 32.2. The normalized spacial score (nSPS) is 12.7. The molecule has 148 valence electrons. The Bertz CT molecular complexity index is 946. The first-order valence-electron chi connectivity index (χ1n) is 7.56. The van der Waals surface area contributed by atoms with Crippen LogP contribution in [0.2, 0.25) is 0 Å². The zero-order valence-electron chi connectivity index (χ0n) is 14.9. The fourth-order valence-corrected chi connectivity index (χ4v) is 2.90. The number of halogens is 2. The zero-order valence-corrected chi connectivity index (χ0v) is 15.8. The van der Waals surface area contributed by atoms with E-state index in [1.165, 1.54) is 27.2 Å². The molecule has 0 aliphatic rings. The molecule has 0 unspecified atom stereocenters. The number of ether oxygens (including phenoxy) is 2. The van der Waals surface area contributed by atoms with Crippen molar-refractivity contribution in [3.63, 3.8) is 0 Å². The number of amides is 1. The van der Waals surface area contributed by atoms with Crippen molar-refractivity contribution in [1.82, 2.24) is 15.0 Å². The van der Waals surface area contributed by atoms with E-state index in [1.54, 1.807) is 12.1 Å². The smallest absolute Gasteiger partial charge is 0.285 e. The number of carbonyl (C=O) groups excluding carboxylic acids is 1. The van der Waals surface area contributed by atoms with Crippen molar-refractivity contribution in [2.45, 2.75) is 24.4 Å². The standard InChI is InChI=1S/C15H18F2N4O5S/c1-8(21-19-12(13(16)17)15(20-21)27(4,23)24)14(22)18-9-5-6-10(25-2)11(7-9)26-3/h5-8,13H,1-4H3,(H,18,22)/t8-/m0/s1. The number of aromatic nitrogens is 3. The molecule has 1 N–H and O–H groups in total. The molecule has 1 aromatic carbocycles. The lowest BCUT2D eigenvalue weighted by molar-refractivity contribution is -0.119. The summed E-state index contributed by atoms with van der Waals surface area (Å²) in [5, 5.41) is 8.72. The molecule has 2 rings (SSSR count). The molecule has 12 heteroatoms. The average Bonchev–Trinajstić information content (AvgIpc) is 3.07. The fraction of sp³-hybridized carbons (Fsp3) is 0.400. The molecule has 1 atom stereocenters. The molecule has 1 heterocycles. The number of methoxy groups -OCH3 is 2. The van der Waals surface area contributed by atoms with Gasteiger partial charge in [0, 0.05) is 18.0 Å². The second kappa shape index (κ2) is 7.86. The Hall–Kier alpha value is -2.76. The van der Waals surface area contributed by atoms with Crippen LogP contribution in [0.25, 0.3) is 0 Å². The van der Waals surface area contributed by atoms with Crippen LogP contribution >= 0.6 is 0 Å². The Balaban J connectivity index is 2.28. The summed E-state index contributed by atoms with van der Waals surface area (Å²) in [4.78, 5) is 13.0. The van der Waals surface area contributed by atoms with Crippen LogP contribution in [0.15, 0.2) is 23.2 Å². The maximum absolute atomic E-state index is 13.0. The molecular weight excluding hydrogens is 386 g/mol. The lowest BCUT2D eigenvalue weighted by Gasteiger charge is -2.13. The van der Waals surface area contributed by atoms with Gasteiger partial charge in [-0.15, -0.1) is 5.10 Å². The van der Waals surface area contributed by atoms with Gasteiger partial charge in [-0.1, -0.05) is 0 Å². The summed E-state index contributed by atoms with van der Waals surface area (Å²) in [6, 6.07) is 3.48. The van der Waals surface area contributed by atoms with Crippen molar-refractivity contribution in [3.8, 4) is 11.5 Å². The van der Waals surface area contributed by atoms with Crippen LogP contribution in [0.3, 0.4) is 0 Å². The summed E-state index contributed by atoms with van der Waals surface area (Å²) < 4.78 is 59.5. The van der Waals surface area contributed by atoms with Crippen LogP contribution in [0, 0.1) is 0 Å². The van der Waals surface area contributed by atoms with Gasteiger partial charge in [-0.25, -0.2) is 17.2 Å². The zero-order chi connectivity index (χ0) is 20.4. The van der Waals surface area contributed by atoms with E-state index in [-0.39, 0.29) is 0 Å². The van der Waals surface area contributed by atoms with Gasteiger partial charge in [0.1, 0.15) is 6.04 Å². The van der Waals surface area contributed by atoms with E-state index < -0.39 is 38.9 Å². The molecular formula is C15H18F2N4O5S. The molecule has 0 spiro atoms. The first-order chi connectivity index (χ1) is 12.6. The predicted molar refractivity (Wildman–Crippen MR) is 91.0 cm³/mol. The van der Waals surface area contributed by atoms with Gasteiger partial charge in [0.25, 0.3) is 12.3 Å². The Morgan fingerprint density at radius 1 is 1.19 bits per heavy atom. The number of benzene rings is 1. The van der Waals surface area contributed by atoms with Crippen molar-refractivity contribution < 1.29 is 31.5 Å². The number of nitrogens with one attached hydrogen (secondary N) is 1. The lowest BCUT2D eigenvalue weighted by Crippen LogP contribution is -2.25. The van der Waals surface area contributed by atoms with Crippen molar-refractivity contribution >= 4 is 21.4 Å². The summed E-state index contributed by atoms with van der Waals surface area (Å²) in [6.45, 7) is 1.34. The largest absolute Gasteiger partial charge is 0.493 e. The van der Waals surface area contributed by atoms with E-state index >= 15 is 0 Å². The van der Waals surface area contributed by atoms with Gasteiger partial charge in [-0.3, -0.25) is 4.79 Å². The van der Waals surface area contributed by atoms with Gasteiger partial charge >= 0.3 is 0 Å². The molecule has 0 aliphatic carbocycles. The molecule has 0 fully saturated rings. The quantitative estimate of drug-likeness (QED) is 0.749. The van der Waals surface area contributed by atoms with E-state index in [0.29, 0.717) is 22.0 Å². The average molecular weight is 404 g/mol. The van der Waals surface area contributed by atoms with Gasteiger partial charge in [0.2, 0.25) is 5.03 Å². The van der Waals surface area contributed by atoms with Gasteiger partial charge in [-0.05, 0) is 19.1 Å². The van der Waals surface area contributed by atoms with E-state index in [9.17, 15) is 22.0 Å². The van der Waals surface area contributed by atoms with E-state index in [1.807, 2.05) is 0 Å². The molecule has 0 radical (unpaired) electrons. The summed E-state index contributed by atoms with van der Waals surface area (Å²) in [6.07, 6.45) is -2.41. The van der Waals surface area contributed by atoms with Crippen molar-refractivity contribution in [3.05, 3.63) is 23.9 Å². The highest BCUT2D eigenvalue weighted by Gasteiger charge is 2.29. The van der Waals surface area contributed by atoms with Gasteiger partial charge in [0.15, 0.2) is 27.0 Å². The number of alkyl halides is 2. The number of rotatable bonds is 7. The summed E-state index contributed by atoms with van der Waals surface area (Å²) >= 11 is 0. The van der Waals surface area contributed by atoms with E-state index in [4.69, 9.17) is 9.47 Å². The van der Waals surface area contributed by atoms with Crippen LogP contribution in [0.4, 0.5) is 14.5 Å². The Kier molecular flexibility index (Phi) is 5.98. The molecule has 2 aromatic rings. The van der Waals surface area contributed by atoms with Gasteiger partial charge in [-0.2, -0.15) is 9.90 Å². The third-order valence-corrected chi connectivity index (χ3v) is 4.55. The topological polar surface area (TPSA) is 112 Å². The Morgan fingerprint density at radius 2 is 1.81 bits per heavy atom. The number of anilines is 1. The maximum Gasteiger partial charge on any atom is 0.285 e. The third kappa shape index (κ3) is 4.51. The molecule has 0 saturated heterocycles. The molecule has 9 nitrogen and oxygen atoms in total. The van der Waals surface area contributed by atoms with Gasteiger partial charge < -0.3 is 14.8 Å². The van der Waals surface area contributed by atoms with Crippen molar-refractivity contribution in [1.29, 1.82) is 0 Å². The van der Waals surface area contributed by atoms with Crippen LogP contribution in [-0.2, 0) is 14.6 Å². The SMILES string of the molecule is COc1ccc(NC(=O)[C@H](C)n2nc(C(F)F)c(S(C)(=O)=O)n2)cc1OC. The van der Waals surface area contributed by atoms with E-state index in [2.05, 4.69) is 15.5 Å². The van der Waals surface area contributed by atoms with Crippen molar-refractivity contribution in [2.75, 3.05) is 25.8 Å². The van der Waals surface area contributed by atoms with E-state index in [0.717, 1.165) is 6.26 Å². The van der Waals surface area contributed by atoms with Crippen LogP contribution in [0.1, 0.15) is 25.1 Å². The highest BCUT2D eigenvalue weighted by Crippen LogP contribution is 2.30. The molecule has 1 aromatic heterocycles. The van der Waals surface area contributed by atoms with Gasteiger partial charge in [0.05, 0.1) is 14.2 Å². The lowest BCUT2D eigenvalue weighted by atomic mass is 10.2. The molecule has 0 aliphatic heterocycles. The minimum absolute atomic E-state index is 0.356. The maximum atomic E-state index is 13.0. The van der Waals surface area contributed by atoms with Crippen molar-refractivity contribution in [2.24, 2.45) is 0 Å². The summed E-state index contributed by atoms with van der Waals surface area (Å²) in [5.41, 5.74) is -0.641. The second-order valence-electron chi connectivity index (χ2n) is 5.52. The van der Waals surface area contributed by atoms with Crippen LogP contribution in [-0.4, -0.2) is 49.8 Å². The minimum atomic E-state index is -4.03. The first-order valence-corrected chi connectivity index (χ1v) is 9.45. The molecule has 27 heavy (non-hydrogen) atoms. The fourth-order valence-electron chi connectivity index (χ4n) is 2.16. The molecule has 0 bridgehead atoms. The Labute approximate surface area is 154 Å². The highest BCUT2D eigenvalue weighted by molar-refractivity contribution is 7.90. The minimum Gasteiger partial charge on any atom is -0.493 e. The number of carbonyl (C=O) groups is 1. The number of sulfone groups is 1. The Morgan fingerprint density at radius 3 is 2.30 bits per heavy atom. The van der Waals surface area contributed by atoms with Crippen LogP contribution < -0.4 is 14.8 Å². The first kappa shape index (κ1) is 20.6. The summed E-state index contributed by atoms with van der Waals surface area (Å²) in [5.74, 6) is 0.189. The third-order valence-electron chi connectivity index (χ3n) is 3.56.